The fraction of sp³-hybridized carbons (Fsp3) is 0.176. The molecule has 120 valence electrons. The molecule has 0 saturated carbocycles. The van der Waals surface area contributed by atoms with Crippen molar-refractivity contribution in [3.63, 3.8) is 0 Å². The molecule has 0 saturated heterocycles. The maximum atomic E-state index is 13.0. The van der Waals surface area contributed by atoms with E-state index in [0.29, 0.717) is 6.54 Å². The van der Waals surface area contributed by atoms with Crippen LogP contribution in [0.5, 0.6) is 0 Å². The van der Waals surface area contributed by atoms with E-state index in [9.17, 15) is 18.4 Å². The molecule has 2 rings (SSSR count). The Morgan fingerprint density at radius 3 is 2.39 bits per heavy atom. The van der Waals surface area contributed by atoms with E-state index in [4.69, 9.17) is 0 Å². The standard InChI is InChI=1S/C17H16F2N2O2/c1-21(11-12-5-7-14(18)8-6-12)16(22)10-20-17(23)13-3-2-4-15(19)9-13/h2-9H,10-11H2,1H3,(H,20,23). The van der Waals surface area contributed by atoms with Crippen LogP contribution in [0.3, 0.4) is 0 Å². The maximum Gasteiger partial charge on any atom is 0.251 e. The van der Waals surface area contributed by atoms with Gasteiger partial charge in [0.1, 0.15) is 11.6 Å². The first kappa shape index (κ1) is 16.6. The van der Waals surface area contributed by atoms with Crippen molar-refractivity contribution in [1.82, 2.24) is 10.2 Å². The van der Waals surface area contributed by atoms with Gasteiger partial charge in [0, 0.05) is 19.2 Å². The molecule has 2 aromatic rings. The van der Waals surface area contributed by atoms with E-state index >= 15 is 0 Å². The van der Waals surface area contributed by atoms with Crippen molar-refractivity contribution in [2.24, 2.45) is 0 Å². The summed E-state index contributed by atoms with van der Waals surface area (Å²) in [6, 6.07) is 11.0. The molecule has 0 aliphatic heterocycles. The molecule has 4 nitrogen and oxygen atoms in total. The minimum absolute atomic E-state index is 0.152. The largest absolute Gasteiger partial charge is 0.343 e. The molecule has 0 aromatic heterocycles. The number of rotatable bonds is 5. The Bertz CT molecular complexity index is 702. The topological polar surface area (TPSA) is 49.4 Å². The summed E-state index contributed by atoms with van der Waals surface area (Å²) in [5.74, 6) is -1.69. The highest BCUT2D eigenvalue weighted by atomic mass is 19.1. The van der Waals surface area contributed by atoms with Gasteiger partial charge in [-0.2, -0.15) is 0 Å². The summed E-state index contributed by atoms with van der Waals surface area (Å²) in [4.78, 5) is 25.2. The lowest BCUT2D eigenvalue weighted by atomic mass is 10.2. The molecule has 0 unspecified atom stereocenters. The van der Waals surface area contributed by atoms with Gasteiger partial charge in [0.2, 0.25) is 5.91 Å². The monoisotopic (exact) mass is 318 g/mol. The van der Waals surface area contributed by atoms with Crippen molar-refractivity contribution in [3.8, 4) is 0 Å². The van der Waals surface area contributed by atoms with E-state index < -0.39 is 11.7 Å². The van der Waals surface area contributed by atoms with Gasteiger partial charge in [-0.25, -0.2) is 8.78 Å². The molecule has 0 bridgehead atoms. The van der Waals surface area contributed by atoms with Crippen molar-refractivity contribution in [1.29, 1.82) is 0 Å². The molecule has 0 atom stereocenters. The summed E-state index contributed by atoms with van der Waals surface area (Å²) in [5, 5.41) is 2.44. The predicted molar refractivity (Wildman–Crippen MR) is 81.6 cm³/mol. The lowest BCUT2D eigenvalue weighted by molar-refractivity contribution is -0.129. The van der Waals surface area contributed by atoms with Crippen molar-refractivity contribution in [2.45, 2.75) is 6.54 Å². The normalized spacial score (nSPS) is 10.2. The molecule has 6 heteroatoms. The molecule has 0 aliphatic carbocycles. The summed E-state index contributed by atoms with van der Waals surface area (Å²) >= 11 is 0. The zero-order valence-corrected chi connectivity index (χ0v) is 12.6. The van der Waals surface area contributed by atoms with Crippen molar-refractivity contribution < 1.29 is 18.4 Å². The average Bonchev–Trinajstić information content (AvgIpc) is 2.54. The van der Waals surface area contributed by atoms with Gasteiger partial charge in [-0.1, -0.05) is 18.2 Å². The van der Waals surface area contributed by atoms with Crippen LogP contribution in [0, 0.1) is 11.6 Å². The van der Waals surface area contributed by atoms with Gasteiger partial charge >= 0.3 is 0 Å². The Balaban J connectivity index is 1.86. The van der Waals surface area contributed by atoms with E-state index in [1.165, 1.54) is 35.2 Å². The van der Waals surface area contributed by atoms with Crippen molar-refractivity contribution >= 4 is 11.8 Å². The van der Waals surface area contributed by atoms with Crippen LogP contribution < -0.4 is 5.32 Å². The van der Waals surface area contributed by atoms with E-state index in [1.54, 1.807) is 19.2 Å². The Kier molecular flexibility index (Phi) is 5.41. The summed E-state index contributed by atoms with van der Waals surface area (Å²) in [7, 11) is 1.58. The van der Waals surface area contributed by atoms with Crippen molar-refractivity contribution in [3.05, 3.63) is 71.3 Å². The lowest BCUT2D eigenvalue weighted by Gasteiger charge is -2.17. The molecule has 2 amide bonds. The number of nitrogens with zero attached hydrogens (tertiary/aromatic N) is 1. The summed E-state index contributed by atoms with van der Waals surface area (Å²) in [6.45, 7) is 0.0992. The number of amides is 2. The number of hydrogen-bond acceptors (Lipinski definition) is 2. The molecule has 0 spiro atoms. The molecular formula is C17H16F2N2O2. The highest BCUT2D eigenvalue weighted by molar-refractivity contribution is 5.96. The quantitative estimate of drug-likeness (QED) is 0.920. The number of halogens is 2. The zero-order valence-electron chi connectivity index (χ0n) is 12.6. The SMILES string of the molecule is CN(Cc1ccc(F)cc1)C(=O)CNC(=O)c1cccc(F)c1. The third-order valence-electron chi connectivity index (χ3n) is 3.25. The first-order valence-electron chi connectivity index (χ1n) is 6.98. The maximum absolute atomic E-state index is 13.0. The predicted octanol–water partition coefficient (Wildman–Crippen LogP) is 2.35. The third kappa shape index (κ3) is 4.88. The molecular weight excluding hydrogens is 302 g/mol. The molecule has 23 heavy (non-hydrogen) atoms. The van der Waals surface area contributed by atoms with Crippen LogP contribution in [0.15, 0.2) is 48.5 Å². The Morgan fingerprint density at radius 1 is 1.04 bits per heavy atom. The van der Waals surface area contributed by atoms with Crippen LogP contribution in [0.1, 0.15) is 15.9 Å². The summed E-state index contributed by atoms with van der Waals surface area (Å²) < 4.78 is 25.9. The molecule has 2 aromatic carbocycles. The summed E-state index contributed by atoms with van der Waals surface area (Å²) in [6.07, 6.45) is 0. The summed E-state index contributed by atoms with van der Waals surface area (Å²) in [5.41, 5.74) is 0.928. The van der Waals surface area contributed by atoms with Crippen LogP contribution in [-0.4, -0.2) is 30.3 Å². The fourth-order valence-corrected chi connectivity index (χ4v) is 1.97. The molecule has 0 aliphatic rings. The van der Waals surface area contributed by atoms with Crippen LogP contribution in [0.25, 0.3) is 0 Å². The van der Waals surface area contributed by atoms with Gasteiger partial charge in [-0.3, -0.25) is 9.59 Å². The van der Waals surface area contributed by atoms with Gasteiger partial charge < -0.3 is 10.2 Å². The molecule has 0 heterocycles. The fourth-order valence-electron chi connectivity index (χ4n) is 1.97. The van der Waals surface area contributed by atoms with Crippen LogP contribution in [-0.2, 0) is 11.3 Å². The first-order chi connectivity index (χ1) is 11.0. The Labute approximate surface area is 132 Å². The first-order valence-corrected chi connectivity index (χ1v) is 6.98. The van der Waals surface area contributed by atoms with Gasteiger partial charge in [-0.15, -0.1) is 0 Å². The van der Waals surface area contributed by atoms with Gasteiger partial charge in [-0.05, 0) is 35.9 Å². The zero-order chi connectivity index (χ0) is 16.8. The Hall–Kier alpha value is -2.76. The van der Waals surface area contributed by atoms with E-state index in [1.807, 2.05) is 0 Å². The van der Waals surface area contributed by atoms with Crippen molar-refractivity contribution in [2.75, 3.05) is 13.6 Å². The average molecular weight is 318 g/mol. The second-order valence-electron chi connectivity index (χ2n) is 5.07. The van der Waals surface area contributed by atoms with E-state index in [2.05, 4.69) is 5.32 Å². The number of likely N-dealkylation sites (N-methyl/N-ethyl adjacent to an activating group) is 1. The molecule has 0 radical (unpaired) electrons. The van der Waals surface area contributed by atoms with Crippen LogP contribution in [0.2, 0.25) is 0 Å². The lowest BCUT2D eigenvalue weighted by Crippen LogP contribution is -2.37. The van der Waals surface area contributed by atoms with Gasteiger partial charge in [0.25, 0.3) is 5.91 Å². The second-order valence-corrected chi connectivity index (χ2v) is 5.07. The highest BCUT2D eigenvalue weighted by Crippen LogP contribution is 2.06. The number of benzene rings is 2. The van der Waals surface area contributed by atoms with E-state index in [0.717, 1.165) is 11.6 Å². The van der Waals surface area contributed by atoms with Crippen LogP contribution in [0.4, 0.5) is 8.78 Å². The van der Waals surface area contributed by atoms with Crippen LogP contribution >= 0.6 is 0 Å². The smallest absolute Gasteiger partial charge is 0.251 e. The van der Waals surface area contributed by atoms with E-state index in [-0.39, 0.29) is 23.8 Å². The molecule has 1 N–H and O–H groups in total. The minimum Gasteiger partial charge on any atom is -0.343 e. The number of nitrogens with one attached hydrogen (secondary N) is 1. The number of carbonyl (C=O) groups excluding carboxylic acids is 2. The van der Waals surface area contributed by atoms with Gasteiger partial charge in [0.05, 0.1) is 6.54 Å². The minimum atomic E-state index is -0.520. The Morgan fingerprint density at radius 2 is 1.74 bits per heavy atom. The highest BCUT2D eigenvalue weighted by Gasteiger charge is 2.12. The second kappa shape index (κ2) is 7.49. The third-order valence-corrected chi connectivity index (χ3v) is 3.25. The number of carbonyl (C=O) groups is 2. The van der Waals surface area contributed by atoms with Gasteiger partial charge in [0.15, 0.2) is 0 Å². The number of hydrogen-bond donors (Lipinski definition) is 1. The molecule has 0 fully saturated rings.